The Balaban J connectivity index is 2.37. The fraction of sp³-hybridized carbons (Fsp3) is 0. The first kappa shape index (κ1) is 8.98. The van der Waals surface area contributed by atoms with E-state index in [2.05, 4.69) is 23.7 Å². The highest BCUT2D eigenvalue weighted by Gasteiger charge is 2.00. The lowest BCUT2D eigenvalue weighted by atomic mass is 10.2. The van der Waals surface area contributed by atoms with E-state index in [1.54, 1.807) is 17.5 Å². The molecule has 0 amide bonds. The minimum absolute atomic E-state index is 0.995. The van der Waals surface area contributed by atoms with Crippen LogP contribution in [0.1, 0.15) is 5.56 Å². The molecule has 0 saturated heterocycles. The maximum Gasteiger partial charge on any atom is 0.0802 e. The van der Waals surface area contributed by atoms with E-state index < -0.39 is 0 Å². The van der Waals surface area contributed by atoms with Gasteiger partial charge in [0, 0.05) is 24.1 Å². The molecule has 67 valence electrons. The molecular formula is C12H8NS. The maximum atomic E-state index is 4.27. The molecule has 0 atom stereocenters. The molecule has 0 N–H and O–H groups in total. The molecule has 0 aliphatic carbocycles. The van der Waals surface area contributed by atoms with Gasteiger partial charge in [0.05, 0.1) is 10.6 Å². The van der Waals surface area contributed by atoms with Crippen molar-refractivity contribution in [3.8, 4) is 22.4 Å². The zero-order valence-corrected chi connectivity index (χ0v) is 8.34. The highest BCUT2D eigenvalue weighted by Crippen LogP contribution is 2.24. The minimum atomic E-state index is 0.995. The monoisotopic (exact) mass is 198 g/mol. The van der Waals surface area contributed by atoms with Gasteiger partial charge in [-0.15, -0.1) is 11.3 Å². The second kappa shape index (κ2) is 4.08. The van der Waals surface area contributed by atoms with Crippen molar-refractivity contribution in [2.45, 2.75) is 0 Å². The third-order valence-electron chi connectivity index (χ3n) is 1.75. The summed E-state index contributed by atoms with van der Waals surface area (Å²) in [5.74, 6) is 5.55. The molecule has 0 aliphatic rings. The van der Waals surface area contributed by atoms with E-state index in [-0.39, 0.29) is 0 Å². The molecule has 0 aliphatic heterocycles. The van der Waals surface area contributed by atoms with E-state index in [1.807, 2.05) is 29.6 Å². The van der Waals surface area contributed by atoms with Gasteiger partial charge in [-0.1, -0.05) is 17.9 Å². The molecule has 14 heavy (non-hydrogen) atoms. The number of hydrogen-bond acceptors (Lipinski definition) is 2. The SMILES string of the molecule is [CH2]C#Cc1csc(-c2ccccn2)c1. The topological polar surface area (TPSA) is 12.9 Å². The van der Waals surface area contributed by atoms with Crippen LogP contribution in [0.25, 0.3) is 10.6 Å². The summed E-state index contributed by atoms with van der Waals surface area (Å²) in [6, 6.07) is 7.92. The Bertz CT molecular complexity index is 474. The van der Waals surface area contributed by atoms with Gasteiger partial charge in [-0.3, -0.25) is 4.98 Å². The molecule has 0 unspecified atom stereocenters. The van der Waals surface area contributed by atoms with E-state index in [0.29, 0.717) is 0 Å². The first-order chi connectivity index (χ1) is 6.90. The van der Waals surface area contributed by atoms with Crippen molar-refractivity contribution in [2.24, 2.45) is 0 Å². The lowest BCUT2D eigenvalue weighted by Crippen LogP contribution is -1.76. The average Bonchev–Trinajstić information content (AvgIpc) is 2.68. The summed E-state index contributed by atoms with van der Waals surface area (Å²) in [6.07, 6.45) is 1.79. The van der Waals surface area contributed by atoms with Crippen LogP contribution in [0.15, 0.2) is 35.8 Å². The van der Waals surface area contributed by atoms with Crippen molar-refractivity contribution < 1.29 is 0 Å². The molecule has 2 aromatic rings. The van der Waals surface area contributed by atoms with E-state index in [4.69, 9.17) is 0 Å². The van der Waals surface area contributed by atoms with Crippen molar-refractivity contribution >= 4 is 11.3 Å². The molecule has 0 bridgehead atoms. The summed E-state index contributed by atoms with van der Waals surface area (Å²) in [5.41, 5.74) is 2.00. The summed E-state index contributed by atoms with van der Waals surface area (Å²) in [6.45, 7) is 3.49. The number of nitrogens with zero attached hydrogens (tertiary/aromatic N) is 1. The fourth-order valence-corrected chi connectivity index (χ4v) is 1.96. The van der Waals surface area contributed by atoms with Gasteiger partial charge in [0.1, 0.15) is 0 Å². The molecular weight excluding hydrogens is 190 g/mol. The predicted octanol–water partition coefficient (Wildman–Crippen LogP) is 3.00. The molecule has 2 heteroatoms. The average molecular weight is 198 g/mol. The lowest BCUT2D eigenvalue weighted by molar-refractivity contribution is 1.34. The second-order valence-corrected chi connectivity index (χ2v) is 3.63. The quantitative estimate of drug-likeness (QED) is 0.642. The number of thiophene rings is 1. The summed E-state index contributed by atoms with van der Waals surface area (Å²) in [5, 5.41) is 2.02. The molecule has 1 nitrogen and oxygen atoms in total. The van der Waals surface area contributed by atoms with Gasteiger partial charge in [0.25, 0.3) is 0 Å². The van der Waals surface area contributed by atoms with Crippen LogP contribution in [0.2, 0.25) is 0 Å². The van der Waals surface area contributed by atoms with Crippen molar-refractivity contribution in [2.75, 3.05) is 0 Å². The van der Waals surface area contributed by atoms with Gasteiger partial charge in [0.2, 0.25) is 0 Å². The zero-order valence-electron chi connectivity index (χ0n) is 7.53. The lowest BCUT2D eigenvalue weighted by Gasteiger charge is -1.92. The van der Waals surface area contributed by atoms with Gasteiger partial charge in [0.15, 0.2) is 0 Å². The summed E-state index contributed by atoms with van der Waals surface area (Å²) < 4.78 is 0. The van der Waals surface area contributed by atoms with Crippen molar-refractivity contribution in [3.63, 3.8) is 0 Å². The van der Waals surface area contributed by atoms with Crippen molar-refractivity contribution in [1.82, 2.24) is 4.98 Å². The van der Waals surface area contributed by atoms with E-state index in [9.17, 15) is 0 Å². The van der Waals surface area contributed by atoms with Crippen LogP contribution in [0.4, 0.5) is 0 Å². The zero-order chi connectivity index (χ0) is 9.80. The normalized spacial score (nSPS) is 9.21. The molecule has 2 rings (SSSR count). The Morgan fingerprint density at radius 2 is 2.29 bits per heavy atom. The summed E-state index contributed by atoms with van der Waals surface area (Å²) in [4.78, 5) is 5.41. The number of pyridine rings is 1. The van der Waals surface area contributed by atoms with Crippen LogP contribution >= 0.6 is 11.3 Å². The molecule has 0 spiro atoms. The standard InChI is InChI=1S/C12H8NS/c1-2-5-10-8-12(14-9-10)11-6-3-4-7-13-11/h3-4,6-9H,1H2. The third-order valence-corrected chi connectivity index (χ3v) is 2.70. The summed E-state index contributed by atoms with van der Waals surface area (Å²) in [7, 11) is 0. The highest BCUT2D eigenvalue weighted by atomic mass is 32.1. The Morgan fingerprint density at radius 1 is 1.36 bits per heavy atom. The van der Waals surface area contributed by atoms with Gasteiger partial charge in [-0.05, 0) is 18.2 Å². The van der Waals surface area contributed by atoms with Gasteiger partial charge >= 0.3 is 0 Å². The Hall–Kier alpha value is -1.59. The third kappa shape index (κ3) is 1.84. The van der Waals surface area contributed by atoms with Gasteiger partial charge in [-0.25, -0.2) is 0 Å². The Kier molecular flexibility index (Phi) is 2.62. The fourth-order valence-electron chi connectivity index (χ4n) is 1.15. The van der Waals surface area contributed by atoms with Gasteiger partial charge < -0.3 is 0 Å². The van der Waals surface area contributed by atoms with E-state index >= 15 is 0 Å². The molecule has 1 radical (unpaired) electrons. The molecule has 2 heterocycles. The van der Waals surface area contributed by atoms with Crippen LogP contribution in [0.3, 0.4) is 0 Å². The largest absolute Gasteiger partial charge is 0.255 e. The Labute approximate surface area is 87.4 Å². The molecule has 0 fully saturated rings. The van der Waals surface area contributed by atoms with Crippen LogP contribution in [-0.4, -0.2) is 4.98 Å². The Morgan fingerprint density at radius 3 is 3.00 bits per heavy atom. The number of hydrogen-bond donors (Lipinski definition) is 0. The summed E-state index contributed by atoms with van der Waals surface area (Å²) >= 11 is 1.65. The van der Waals surface area contributed by atoms with Gasteiger partial charge in [-0.2, -0.15) is 0 Å². The van der Waals surface area contributed by atoms with Crippen LogP contribution in [0, 0.1) is 18.8 Å². The van der Waals surface area contributed by atoms with Crippen LogP contribution in [-0.2, 0) is 0 Å². The predicted molar refractivity (Wildman–Crippen MR) is 59.8 cm³/mol. The second-order valence-electron chi connectivity index (χ2n) is 2.72. The smallest absolute Gasteiger partial charge is 0.0802 e. The molecule has 2 aromatic heterocycles. The van der Waals surface area contributed by atoms with Crippen LogP contribution in [0.5, 0.6) is 0 Å². The maximum absolute atomic E-state index is 4.27. The van der Waals surface area contributed by atoms with Crippen LogP contribution < -0.4 is 0 Å². The number of rotatable bonds is 1. The first-order valence-electron chi connectivity index (χ1n) is 4.18. The van der Waals surface area contributed by atoms with E-state index in [0.717, 1.165) is 16.1 Å². The molecule has 0 aromatic carbocycles. The van der Waals surface area contributed by atoms with Crippen molar-refractivity contribution in [3.05, 3.63) is 48.3 Å². The molecule has 0 saturated carbocycles. The first-order valence-corrected chi connectivity index (χ1v) is 5.06. The van der Waals surface area contributed by atoms with Crippen molar-refractivity contribution in [1.29, 1.82) is 0 Å². The van der Waals surface area contributed by atoms with E-state index in [1.165, 1.54) is 0 Å². The highest BCUT2D eigenvalue weighted by molar-refractivity contribution is 7.13. The minimum Gasteiger partial charge on any atom is -0.255 e. The number of aromatic nitrogens is 1.